The van der Waals surface area contributed by atoms with E-state index in [-0.39, 0.29) is 10.9 Å². The summed E-state index contributed by atoms with van der Waals surface area (Å²) in [6.45, 7) is 0. The van der Waals surface area contributed by atoms with Gasteiger partial charge in [-0.1, -0.05) is 12.1 Å². The Kier molecular flexibility index (Phi) is 2.87. The number of phenolic OH excluding ortho intramolecular Hbond substituents is 1. The molecule has 114 valence electrons. The first-order chi connectivity index (χ1) is 11.1. The van der Waals surface area contributed by atoms with Crippen molar-refractivity contribution < 1.29 is 13.9 Å². The number of hydrogen-bond donors (Lipinski definition) is 2. The number of H-pyrrole nitrogens is 1. The molecule has 0 aliphatic carbocycles. The standard InChI is InChI=1S/C16H10F2N4O/c17-13-5-10-8-21-22(15(10)14(18)16(13)23)12-3-1-9(2-4-12)11-6-19-20-7-11/h1-8,23H,(H,19,20). The maximum Gasteiger partial charge on any atom is 0.194 e. The SMILES string of the molecule is Oc1c(F)cc2cnn(-c3ccc(-c4cn[nH]c4)cc3)c2c1F. The normalized spacial score (nSPS) is 11.2. The van der Waals surface area contributed by atoms with Gasteiger partial charge in [0, 0.05) is 17.1 Å². The summed E-state index contributed by atoms with van der Waals surface area (Å²) in [6, 6.07) is 8.25. The van der Waals surface area contributed by atoms with Crippen LogP contribution in [0, 0.1) is 11.6 Å². The number of fused-ring (bicyclic) bond motifs is 1. The van der Waals surface area contributed by atoms with Crippen molar-refractivity contribution in [3.63, 3.8) is 0 Å². The van der Waals surface area contributed by atoms with E-state index < -0.39 is 17.4 Å². The molecule has 2 N–H and O–H groups in total. The minimum absolute atomic E-state index is 0.0277. The maximum absolute atomic E-state index is 14.2. The van der Waals surface area contributed by atoms with E-state index in [1.807, 2.05) is 12.1 Å². The number of phenols is 1. The number of nitrogens with zero attached hydrogens (tertiary/aromatic N) is 3. The van der Waals surface area contributed by atoms with E-state index in [9.17, 15) is 13.9 Å². The average Bonchev–Trinajstić information content (AvgIpc) is 3.22. The molecule has 0 atom stereocenters. The molecule has 0 aliphatic rings. The summed E-state index contributed by atoms with van der Waals surface area (Å²) in [4.78, 5) is 0. The lowest BCUT2D eigenvalue weighted by molar-refractivity contribution is 0.399. The molecular weight excluding hydrogens is 302 g/mol. The second kappa shape index (κ2) is 4.91. The number of aromatic nitrogens is 4. The highest BCUT2D eigenvalue weighted by Crippen LogP contribution is 2.30. The lowest BCUT2D eigenvalue weighted by Gasteiger charge is -2.06. The Morgan fingerprint density at radius 3 is 2.52 bits per heavy atom. The van der Waals surface area contributed by atoms with E-state index >= 15 is 0 Å². The highest BCUT2D eigenvalue weighted by molar-refractivity contribution is 5.83. The van der Waals surface area contributed by atoms with E-state index in [2.05, 4.69) is 15.3 Å². The van der Waals surface area contributed by atoms with Crippen molar-refractivity contribution in [2.45, 2.75) is 0 Å². The van der Waals surface area contributed by atoms with E-state index in [1.165, 1.54) is 10.9 Å². The smallest absolute Gasteiger partial charge is 0.194 e. The summed E-state index contributed by atoms with van der Waals surface area (Å²) < 4.78 is 28.9. The van der Waals surface area contributed by atoms with Gasteiger partial charge in [0.2, 0.25) is 0 Å². The van der Waals surface area contributed by atoms with Gasteiger partial charge in [-0.05, 0) is 23.8 Å². The third-order valence-electron chi connectivity index (χ3n) is 3.67. The second-order valence-electron chi connectivity index (χ2n) is 5.05. The monoisotopic (exact) mass is 312 g/mol. The number of rotatable bonds is 2. The molecule has 4 aromatic rings. The number of halogens is 2. The summed E-state index contributed by atoms with van der Waals surface area (Å²) in [7, 11) is 0. The molecule has 2 aromatic carbocycles. The molecule has 7 heteroatoms. The zero-order chi connectivity index (χ0) is 16.0. The molecule has 2 aromatic heterocycles. The van der Waals surface area contributed by atoms with Gasteiger partial charge in [0.05, 0.1) is 18.1 Å². The lowest BCUT2D eigenvalue weighted by Crippen LogP contribution is -1.98. The Bertz CT molecular complexity index is 991. The topological polar surface area (TPSA) is 66.7 Å². The predicted octanol–water partition coefficient (Wildman–Crippen LogP) is 3.40. The van der Waals surface area contributed by atoms with Crippen molar-refractivity contribution in [2.75, 3.05) is 0 Å². The van der Waals surface area contributed by atoms with Crippen molar-refractivity contribution in [3.05, 3.63) is 60.6 Å². The highest BCUT2D eigenvalue weighted by atomic mass is 19.1. The molecule has 0 bridgehead atoms. The Morgan fingerprint density at radius 1 is 1.04 bits per heavy atom. The van der Waals surface area contributed by atoms with E-state index in [0.29, 0.717) is 5.69 Å². The number of aromatic hydroxyl groups is 1. The first-order valence-electron chi connectivity index (χ1n) is 6.79. The Hall–Kier alpha value is -3.22. The van der Waals surface area contributed by atoms with Crippen LogP contribution in [-0.4, -0.2) is 25.1 Å². The van der Waals surface area contributed by atoms with E-state index in [1.54, 1.807) is 24.5 Å². The molecule has 0 aliphatic heterocycles. The Balaban J connectivity index is 1.85. The van der Waals surface area contributed by atoms with Gasteiger partial charge in [-0.15, -0.1) is 0 Å². The van der Waals surface area contributed by atoms with Crippen LogP contribution < -0.4 is 0 Å². The fourth-order valence-electron chi connectivity index (χ4n) is 2.51. The first-order valence-corrected chi connectivity index (χ1v) is 6.79. The summed E-state index contributed by atoms with van der Waals surface area (Å²) in [5.74, 6) is -3.05. The van der Waals surface area contributed by atoms with Crippen molar-refractivity contribution in [3.8, 4) is 22.6 Å². The van der Waals surface area contributed by atoms with Gasteiger partial charge in [-0.25, -0.2) is 13.5 Å². The minimum Gasteiger partial charge on any atom is -0.503 e. The summed E-state index contributed by atoms with van der Waals surface area (Å²) >= 11 is 0. The second-order valence-corrected chi connectivity index (χ2v) is 5.05. The Labute approximate surface area is 128 Å². The number of benzene rings is 2. The average molecular weight is 312 g/mol. The number of nitrogens with one attached hydrogen (secondary N) is 1. The van der Waals surface area contributed by atoms with Crippen molar-refractivity contribution >= 4 is 10.9 Å². The summed E-state index contributed by atoms with van der Waals surface area (Å²) in [5, 5.41) is 20.4. The van der Waals surface area contributed by atoms with Gasteiger partial charge in [-0.2, -0.15) is 10.2 Å². The van der Waals surface area contributed by atoms with Gasteiger partial charge in [0.15, 0.2) is 17.4 Å². The molecule has 0 spiro atoms. The van der Waals surface area contributed by atoms with Gasteiger partial charge in [0.25, 0.3) is 0 Å². The third-order valence-corrected chi connectivity index (χ3v) is 3.67. The van der Waals surface area contributed by atoms with Crippen LogP contribution in [0.1, 0.15) is 0 Å². The molecule has 0 unspecified atom stereocenters. The molecule has 0 fully saturated rings. The van der Waals surface area contributed by atoms with Crippen LogP contribution in [0.4, 0.5) is 8.78 Å². The van der Waals surface area contributed by atoms with Gasteiger partial charge >= 0.3 is 0 Å². The van der Waals surface area contributed by atoms with Crippen LogP contribution in [0.15, 0.2) is 48.9 Å². The van der Waals surface area contributed by atoms with Gasteiger partial charge < -0.3 is 5.11 Å². The van der Waals surface area contributed by atoms with Crippen LogP contribution in [0.3, 0.4) is 0 Å². The molecule has 23 heavy (non-hydrogen) atoms. The van der Waals surface area contributed by atoms with Gasteiger partial charge in [-0.3, -0.25) is 5.10 Å². The molecule has 5 nitrogen and oxygen atoms in total. The molecule has 2 heterocycles. The molecule has 4 rings (SSSR count). The third kappa shape index (κ3) is 2.05. The number of hydrogen-bond acceptors (Lipinski definition) is 3. The molecule has 0 saturated heterocycles. The first kappa shape index (κ1) is 13.4. The van der Waals surface area contributed by atoms with Crippen molar-refractivity contribution in [1.82, 2.24) is 20.0 Å². The van der Waals surface area contributed by atoms with E-state index in [4.69, 9.17) is 0 Å². The quantitative estimate of drug-likeness (QED) is 0.596. The fraction of sp³-hybridized carbons (Fsp3) is 0. The molecule has 0 radical (unpaired) electrons. The fourth-order valence-corrected chi connectivity index (χ4v) is 2.51. The molecule has 0 saturated carbocycles. The molecular formula is C16H10F2N4O. The zero-order valence-electron chi connectivity index (χ0n) is 11.7. The lowest BCUT2D eigenvalue weighted by atomic mass is 10.1. The summed E-state index contributed by atoms with van der Waals surface area (Å²) in [6.07, 6.45) is 4.81. The van der Waals surface area contributed by atoms with Crippen LogP contribution >= 0.6 is 0 Å². The highest BCUT2D eigenvalue weighted by Gasteiger charge is 2.17. The maximum atomic E-state index is 14.2. The van der Waals surface area contributed by atoms with Crippen LogP contribution in [0.2, 0.25) is 0 Å². The largest absolute Gasteiger partial charge is 0.503 e. The van der Waals surface area contributed by atoms with Crippen LogP contribution in [-0.2, 0) is 0 Å². The predicted molar refractivity (Wildman–Crippen MR) is 80.2 cm³/mol. The summed E-state index contributed by atoms with van der Waals surface area (Å²) in [5.41, 5.74) is 2.48. The molecule has 0 amide bonds. The minimum atomic E-state index is -1.03. The zero-order valence-corrected chi connectivity index (χ0v) is 11.7. The van der Waals surface area contributed by atoms with Gasteiger partial charge in [0.1, 0.15) is 5.52 Å². The number of aromatic amines is 1. The van der Waals surface area contributed by atoms with Crippen LogP contribution in [0.5, 0.6) is 5.75 Å². The van der Waals surface area contributed by atoms with Crippen molar-refractivity contribution in [2.24, 2.45) is 0 Å². The van der Waals surface area contributed by atoms with Crippen molar-refractivity contribution in [1.29, 1.82) is 0 Å². The Morgan fingerprint density at radius 2 is 1.83 bits per heavy atom. The van der Waals surface area contributed by atoms with E-state index in [0.717, 1.165) is 17.2 Å². The van der Waals surface area contributed by atoms with Crippen LogP contribution in [0.25, 0.3) is 27.7 Å².